The number of aliphatic hydroxyl groups excluding tert-OH is 1. The summed E-state index contributed by atoms with van der Waals surface area (Å²) in [5.74, 6) is 9.02. The Morgan fingerprint density at radius 3 is 2.25 bits per heavy atom. The predicted molar refractivity (Wildman–Crippen MR) is 248 cm³/mol. The van der Waals surface area contributed by atoms with Crippen LogP contribution in [0.25, 0.3) is 0 Å². The monoisotopic (exact) mass is 865 g/mol. The maximum Gasteiger partial charge on any atom is 0.309 e. The third-order valence-corrected chi connectivity index (χ3v) is 23.4. The van der Waals surface area contributed by atoms with E-state index in [9.17, 15) is 20.1 Å². The van der Waals surface area contributed by atoms with Crippen LogP contribution >= 0.6 is 0 Å². The third-order valence-electron chi connectivity index (χ3n) is 23.4. The van der Waals surface area contributed by atoms with Gasteiger partial charge in [0, 0.05) is 42.1 Å². The van der Waals surface area contributed by atoms with Crippen LogP contribution in [-0.4, -0.2) is 53.5 Å². The second kappa shape index (κ2) is 15.6. The average Bonchev–Trinajstić information content (AvgIpc) is 3.85. The van der Waals surface area contributed by atoms with E-state index in [1.165, 1.54) is 62.5 Å². The summed E-state index contributed by atoms with van der Waals surface area (Å²) in [4.78, 5) is 13.4. The lowest BCUT2D eigenvalue weighted by molar-refractivity contribution is -0.380. The van der Waals surface area contributed by atoms with Gasteiger partial charge in [0.2, 0.25) is 0 Å². The van der Waals surface area contributed by atoms with Crippen LogP contribution in [0.15, 0.2) is 24.3 Å². The van der Waals surface area contributed by atoms with Crippen molar-refractivity contribution in [2.75, 3.05) is 20.3 Å². The van der Waals surface area contributed by atoms with Gasteiger partial charge in [-0.15, -0.1) is 5.92 Å². The average molecular weight is 865 g/mol. The first-order chi connectivity index (χ1) is 30.1. The molecule has 0 unspecified atom stereocenters. The Bertz CT molecular complexity index is 1960. The van der Waals surface area contributed by atoms with E-state index in [1.807, 2.05) is 0 Å². The van der Waals surface area contributed by atoms with Gasteiger partial charge in [0.25, 0.3) is 0 Å². The summed E-state index contributed by atoms with van der Waals surface area (Å²) in [6.07, 6.45) is 25.3. The largest absolute Gasteiger partial charge is 0.481 e. The van der Waals surface area contributed by atoms with Gasteiger partial charge >= 0.3 is 5.97 Å². The molecule has 0 radical (unpaired) electrons. The molecule has 1 aliphatic heterocycles. The van der Waals surface area contributed by atoms with Crippen molar-refractivity contribution >= 4 is 5.97 Å². The van der Waals surface area contributed by atoms with E-state index in [4.69, 9.17) is 9.47 Å². The molecule has 4 bridgehead atoms. The number of aliphatic carboxylic acids is 1. The molecule has 7 saturated carbocycles. The van der Waals surface area contributed by atoms with Gasteiger partial charge in [-0.2, -0.15) is 0 Å². The van der Waals surface area contributed by atoms with Crippen molar-refractivity contribution in [2.45, 2.75) is 201 Å². The molecule has 9 aliphatic rings. The van der Waals surface area contributed by atoms with Crippen LogP contribution in [0.5, 0.6) is 0 Å². The SMILES string of the molecule is CCC[C@@H]1[C@]23CC[C@@]45C#CC[C@H](CCC6CCCC6)CC[C@]6(C[C@@H]7CC[C@H](C[C@]1(O)O[C@H]2Cc1ccc(CCOC)cc1)[C@@]3(CO)[C@]74C)[C@@H]1C[C@](C)(C(=O)O)CC[C@]1(C)CC[C@@]65C. The van der Waals surface area contributed by atoms with Crippen LogP contribution in [0.4, 0.5) is 0 Å². The second-order valence-corrected chi connectivity index (χ2v) is 25.1. The highest BCUT2D eigenvalue weighted by Crippen LogP contribution is 2.91. The summed E-state index contributed by atoms with van der Waals surface area (Å²) >= 11 is 0. The van der Waals surface area contributed by atoms with Crippen LogP contribution in [0, 0.1) is 90.7 Å². The number of carboxylic acid groups (broad SMARTS) is 1. The minimum Gasteiger partial charge on any atom is -0.481 e. The lowest BCUT2D eigenvalue weighted by Gasteiger charge is -2.85. The van der Waals surface area contributed by atoms with Gasteiger partial charge in [0.05, 0.1) is 24.7 Å². The van der Waals surface area contributed by atoms with Crippen molar-refractivity contribution in [3.63, 3.8) is 0 Å². The minimum absolute atomic E-state index is 0.0334. The van der Waals surface area contributed by atoms with Crippen molar-refractivity contribution in [1.82, 2.24) is 0 Å². The first-order valence-corrected chi connectivity index (χ1v) is 26.4. The topological polar surface area (TPSA) is 96.2 Å². The number of carboxylic acids is 1. The zero-order valence-electron chi connectivity index (χ0n) is 40.3. The molecule has 1 heterocycles. The smallest absolute Gasteiger partial charge is 0.309 e. The van der Waals surface area contributed by atoms with Crippen LogP contribution in [0.2, 0.25) is 0 Å². The number of benzene rings is 1. The molecule has 15 atom stereocenters. The van der Waals surface area contributed by atoms with Crippen molar-refractivity contribution in [2.24, 2.45) is 78.8 Å². The number of methoxy groups -OCH3 is 1. The molecule has 1 aromatic carbocycles. The lowest BCUT2D eigenvalue weighted by atomic mass is 9.18. The number of hydrogen-bond acceptors (Lipinski definition) is 5. The normalized spacial score (nSPS) is 49.6. The molecule has 1 saturated heterocycles. The van der Waals surface area contributed by atoms with Gasteiger partial charge in [0.15, 0.2) is 5.79 Å². The first kappa shape index (κ1) is 44.9. The van der Waals surface area contributed by atoms with Gasteiger partial charge < -0.3 is 24.8 Å². The summed E-state index contributed by atoms with van der Waals surface area (Å²) < 4.78 is 12.7. The van der Waals surface area contributed by atoms with Crippen molar-refractivity contribution in [1.29, 1.82) is 0 Å². The maximum atomic E-state index is 13.4. The van der Waals surface area contributed by atoms with Gasteiger partial charge in [-0.05, 0) is 172 Å². The van der Waals surface area contributed by atoms with E-state index in [2.05, 4.69) is 70.7 Å². The number of hydrogen-bond donors (Lipinski definition) is 3. The van der Waals surface area contributed by atoms with Gasteiger partial charge in [-0.1, -0.05) is 96.4 Å². The number of fused-ring (bicyclic) bond motifs is 2. The van der Waals surface area contributed by atoms with E-state index in [0.29, 0.717) is 30.8 Å². The van der Waals surface area contributed by atoms with Crippen LogP contribution in [0.1, 0.15) is 187 Å². The second-order valence-electron chi connectivity index (χ2n) is 25.1. The van der Waals surface area contributed by atoms with Crippen LogP contribution in [0.3, 0.4) is 0 Å². The zero-order valence-corrected chi connectivity index (χ0v) is 40.3. The van der Waals surface area contributed by atoms with Crippen LogP contribution < -0.4 is 0 Å². The van der Waals surface area contributed by atoms with E-state index in [-0.39, 0.29) is 51.6 Å². The fourth-order valence-electron chi connectivity index (χ4n) is 20.2. The van der Waals surface area contributed by atoms with Gasteiger partial charge in [-0.25, -0.2) is 0 Å². The Labute approximate surface area is 381 Å². The first-order valence-electron chi connectivity index (χ1n) is 26.4. The molecule has 6 heteroatoms. The maximum absolute atomic E-state index is 13.4. The number of ether oxygens (including phenoxy) is 2. The molecule has 2 spiro atoms. The Kier molecular flexibility index (Phi) is 11.1. The molecular weight excluding hydrogens is 781 g/mol. The minimum atomic E-state index is -1.20. The van der Waals surface area contributed by atoms with E-state index >= 15 is 0 Å². The fraction of sp³-hybridized carbons (Fsp3) is 0.842. The predicted octanol–water partition coefficient (Wildman–Crippen LogP) is 12.0. The quantitative estimate of drug-likeness (QED) is 0.181. The molecule has 8 fully saturated rings. The molecule has 63 heavy (non-hydrogen) atoms. The molecule has 10 rings (SSSR count). The standard InChI is InChI=1S/C57H84O6/c1-7-11-45-55-32-31-54-25-10-14-40(16-15-39-12-8-9-13-39)23-26-53(46-37-50(3,48(59)60)28-27-49(46,2)29-30-51(53,54)4)35-43-21-22-44(56(55,38-58)52(43,54)5)36-57(45,61)63-47(55)34-42-19-17-41(18-20-42)24-33-62-6/h17-20,39-40,43-47,58,61H,7-9,11-16,21-24,26-38H2,1-6H3,(H,59,60)/t40-,43+,44-,45-,46-,47+,49-,50-,51+,52-,53+,54-,55-,56+,57+/m1/s1. The highest BCUT2D eigenvalue weighted by molar-refractivity contribution is 5.74. The van der Waals surface area contributed by atoms with Gasteiger partial charge in [-0.3, -0.25) is 4.79 Å². The number of aliphatic hydroxyl groups is 2. The highest BCUT2D eigenvalue weighted by atomic mass is 16.6. The van der Waals surface area contributed by atoms with Crippen molar-refractivity contribution in [3.05, 3.63) is 35.4 Å². The Morgan fingerprint density at radius 2 is 1.54 bits per heavy atom. The van der Waals surface area contributed by atoms with E-state index < -0.39 is 28.0 Å². The number of carbonyl (C=O) groups is 1. The Morgan fingerprint density at radius 1 is 0.825 bits per heavy atom. The molecule has 0 aromatic heterocycles. The lowest BCUT2D eigenvalue weighted by Crippen LogP contribution is -2.82. The highest BCUT2D eigenvalue weighted by Gasteiger charge is 2.89. The summed E-state index contributed by atoms with van der Waals surface area (Å²) in [6.45, 7) is 13.1. The van der Waals surface area contributed by atoms with E-state index in [0.717, 1.165) is 102 Å². The molecule has 3 N–H and O–H groups in total. The Hall–Kier alpha value is -1.91. The molecule has 1 aromatic rings. The molecule has 8 aliphatic carbocycles. The van der Waals surface area contributed by atoms with Crippen LogP contribution in [-0.2, 0) is 27.1 Å². The van der Waals surface area contributed by atoms with Crippen molar-refractivity contribution in [3.8, 4) is 11.8 Å². The van der Waals surface area contributed by atoms with Crippen molar-refractivity contribution < 1.29 is 29.6 Å². The molecule has 0 amide bonds. The third kappa shape index (κ3) is 5.86. The Balaban J connectivity index is 1.15. The van der Waals surface area contributed by atoms with Gasteiger partial charge in [0.1, 0.15) is 0 Å². The summed E-state index contributed by atoms with van der Waals surface area (Å²) in [5.41, 5.74) is 0.191. The summed E-state index contributed by atoms with van der Waals surface area (Å²) in [6, 6.07) is 9.05. The zero-order chi connectivity index (χ0) is 44.3. The van der Waals surface area contributed by atoms with E-state index in [1.54, 1.807) is 7.11 Å². The summed E-state index contributed by atoms with van der Waals surface area (Å²) in [7, 11) is 1.76. The molecular formula is C57H84O6. The molecule has 348 valence electrons. The fourth-order valence-corrected chi connectivity index (χ4v) is 20.2. The molecule has 6 nitrogen and oxygen atoms in total. The summed E-state index contributed by atoms with van der Waals surface area (Å²) in [5, 5.41) is 37.0. The number of rotatable bonds is 12.